The Morgan fingerprint density at radius 3 is 2.17 bits per heavy atom. The van der Waals surface area contributed by atoms with Crippen LogP contribution in [0.25, 0.3) is 0 Å². The monoisotopic (exact) mass is 418 g/mol. The molecule has 9 nitrogen and oxygen atoms in total. The van der Waals surface area contributed by atoms with Gasteiger partial charge >= 0.3 is 5.97 Å². The van der Waals surface area contributed by atoms with Crippen molar-refractivity contribution in [3.8, 4) is 0 Å². The second-order valence-corrected chi connectivity index (χ2v) is 8.22. The lowest BCUT2D eigenvalue weighted by Gasteiger charge is -2.33. The van der Waals surface area contributed by atoms with E-state index in [1.807, 2.05) is 20.8 Å². The number of carbonyl (C=O) groups excluding carboxylic acids is 3. The predicted molar refractivity (Wildman–Crippen MR) is 107 cm³/mol. The summed E-state index contributed by atoms with van der Waals surface area (Å²) < 4.78 is 10.5. The Morgan fingerprint density at radius 2 is 1.66 bits per heavy atom. The standard InChI is InChI=1S/C20H38N2O7/c1-6-7-11-28-12-9-8-10-15(17(24)19(26)22-27)18(25)21-16(20(3,4)5)13-29-14(2)23/h15-17,24,27H,6-13H2,1-5H3,(H,21,25)(H,22,26)/t15-,16-,17+/m1/s1. The lowest BCUT2D eigenvalue weighted by Crippen LogP contribution is -2.52. The molecule has 9 heteroatoms. The summed E-state index contributed by atoms with van der Waals surface area (Å²) in [6.07, 6.45) is 1.81. The fourth-order valence-corrected chi connectivity index (χ4v) is 2.59. The van der Waals surface area contributed by atoms with Gasteiger partial charge in [-0.2, -0.15) is 0 Å². The summed E-state index contributed by atoms with van der Waals surface area (Å²) in [5.74, 6) is -3.11. The summed E-state index contributed by atoms with van der Waals surface area (Å²) in [6, 6.07) is -0.511. The van der Waals surface area contributed by atoms with E-state index in [1.165, 1.54) is 12.4 Å². The van der Waals surface area contributed by atoms with Crippen LogP contribution in [0.3, 0.4) is 0 Å². The van der Waals surface area contributed by atoms with Crippen LogP contribution in [-0.4, -0.2) is 60.1 Å². The number of ether oxygens (including phenoxy) is 2. The number of hydroxylamine groups is 1. The zero-order chi connectivity index (χ0) is 22.4. The number of rotatable bonds is 14. The van der Waals surface area contributed by atoms with E-state index < -0.39 is 41.3 Å². The minimum atomic E-state index is -1.70. The van der Waals surface area contributed by atoms with Gasteiger partial charge in [-0.15, -0.1) is 0 Å². The molecule has 0 aliphatic carbocycles. The van der Waals surface area contributed by atoms with Gasteiger partial charge in [-0.25, -0.2) is 5.48 Å². The third-order valence-corrected chi connectivity index (χ3v) is 4.61. The molecule has 3 atom stereocenters. The summed E-state index contributed by atoms with van der Waals surface area (Å²) in [4.78, 5) is 35.6. The number of amides is 2. The van der Waals surface area contributed by atoms with E-state index in [4.69, 9.17) is 14.7 Å². The molecule has 4 N–H and O–H groups in total. The molecular weight excluding hydrogens is 380 g/mol. The van der Waals surface area contributed by atoms with Gasteiger partial charge in [-0.05, 0) is 24.7 Å². The number of aliphatic hydroxyl groups is 1. The molecule has 0 fully saturated rings. The van der Waals surface area contributed by atoms with Crippen molar-refractivity contribution < 1.29 is 34.2 Å². The Bertz CT molecular complexity index is 506. The zero-order valence-corrected chi connectivity index (χ0v) is 18.3. The van der Waals surface area contributed by atoms with Crippen LogP contribution in [0.2, 0.25) is 0 Å². The molecule has 0 aromatic carbocycles. The van der Waals surface area contributed by atoms with E-state index in [9.17, 15) is 19.5 Å². The van der Waals surface area contributed by atoms with Gasteiger partial charge in [0.05, 0.1) is 12.0 Å². The first-order valence-electron chi connectivity index (χ1n) is 10.2. The Kier molecular flexibility index (Phi) is 13.5. The van der Waals surface area contributed by atoms with Crippen LogP contribution in [0.4, 0.5) is 0 Å². The largest absolute Gasteiger partial charge is 0.464 e. The van der Waals surface area contributed by atoms with Crippen LogP contribution in [0, 0.1) is 11.3 Å². The average molecular weight is 419 g/mol. The third-order valence-electron chi connectivity index (χ3n) is 4.61. The molecule has 0 aromatic heterocycles. The highest BCUT2D eigenvalue weighted by Gasteiger charge is 2.35. The number of esters is 1. The van der Waals surface area contributed by atoms with Gasteiger partial charge in [-0.3, -0.25) is 19.6 Å². The maximum Gasteiger partial charge on any atom is 0.302 e. The molecule has 0 aromatic rings. The molecule has 29 heavy (non-hydrogen) atoms. The molecular formula is C20H38N2O7. The van der Waals surface area contributed by atoms with Gasteiger partial charge in [0, 0.05) is 20.1 Å². The van der Waals surface area contributed by atoms with Gasteiger partial charge in [0.1, 0.15) is 12.7 Å². The second kappa shape index (κ2) is 14.3. The topological polar surface area (TPSA) is 134 Å². The minimum absolute atomic E-state index is 0.0230. The van der Waals surface area contributed by atoms with E-state index >= 15 is 0 Å². The van der Waals surface area contributed by atoms with Crippen molar-refractivity contribution in [2.75, 3.05) is 19.8 Å². The molecule has 0 saturated carbocycles. The van der Waals surface area contributed by atoms with E-state index in [0.717, 1.165) is 12.8 Å². The van der Waals surface area contributed by atoms with Crippen LogP contribution >= 0.6 is 0 Å². The van der Waals surface area contributed by atoms with Crippen LogP contribution in [0.15, 0.2) is 0 Å². The SMILES string of the molecule is CCCCOCCCC[C@@H](C(=O)N[C@H](COC(C)=O)C(C)(C)C)[C@H](O)C(=O)NO. The quantitative estimate of drug-likeness (QED) is 0.145. The molecule has 0 bridgehead atoms. The summed E-state index contributed by atoms with van der Waals surface area (Å²) in [5, 5.41) is 21.8. The van der Waals surface area contributed by atoms with Crippen LogP contribution in [-0.2, 0) is 23.9 Å². The van der Waals surface area contributed by atoms with Gasteiger partial charge in [-0.1, -0.05) is 40.5 Å². The fourth-order valence-electron chi connectivity index (χ4n) is 2.59. The van der Waals surface area contributed by atoms with E-state index in [2.05, 4.69) is 12.2 Å². The highest BCUT2D eigenvalue weighted by Crippen LogP contribution is 2.22. The highest BCUT2D eigenvalue weighted by molar-refractivity contribution is 5.88. The number of unbranched alkanes of at least 4 members (excludes halogenated alkanes) is 2. The number of hydrogen-bond donors (Lipinski definition) is 4. The van der Waals surface area contributed by atoms with E-state index in [0.29, 0.717) is 26.1 Å². The van der Waals surface area contributed by atoms with Crippen molar-refractivity contribution in [3.05, 3.63) is 0 Å². The molecule has 0 heterocycles. The van der Waals surface area contributed by atoms with Crippen LogP contribution in [0.1, 0.15) is 66.7 Å². The zero-order valence-electron chi connectivity index (χ0n) is 18.3. The van der Waals surface area contributed by atoms with Gasteiger partial charge in [0.25, 0.3) is 5.91 Å². The molecule has 0 spiro atoms. The Morgan fingerprint density at radius 1 is 1.03 bits per heavy atom. The first kappa shape index (κ1) is 27.3. The molecule has 0 saturated heterocycles. The fraction of sp³-hybridized carbons (Fsp3) is 0.850. The molecule has 0 unspecified atom stereocenters. The second-order valence-electron chi connectivity index (χ2n) is 8.22. The highest BCUT2D eigenvalue weighted by atomic mass is 16.5. The first-order valence-corrected chi connectivity index (χ1v) is 10.2. The summed E-state index contributed by atoms with van der Waals surface area (Å²) in [7, 11) is 0. The molecule has 0 aliphatic heterocycles. The van der Waals surface area contributed by atoms with Gasteiger partial charge in [0.2, 0.25) is 5.91 Å². The number of hydrogen-bond acceptors (Lipinski definition) is 7. The average Bonchev–Trinajstić information content (AvgIpc) is 2.64. The summed E-state index contributed by atoms with van der Waals surface area (Å²) in [6.45, 7) is 10.2. The Balaban J connectivity index is 4.97. The molecule has 0 rings (SSSR count). The van der Waals surface area contributed by atoms with Gasteiger partial charge < -0.3 is 19.9 Å². The van der Waals surface area contributed by atoms with Crippen molar-refractivity contribution in [1.29, 1.82) is 0 Å². The summed E-state index contributed by atoms with van der Waals surface area (Å²) in [5.41, 5.74) is 0.962. The minimum Gasteiger partial charge on any atom is -0.464 e. The molecule has 0 radical (unpaired) electrons. The Hall–Kier alpha value is -1.71. The molecule has 0 aliphatic rings. The molecule has 170 valence electrons. The van der Waals surface area contributed by atoms with Crippen molar-refractivity contribution in [1.82, 2.24) is 10.8 Å². The van der Waals surface area contributed by atoms with Crippen molar-refractivity contribution in [3.63, 3.8) is 0 Å². The lowest BCUT2D eigenvalue weighted by atomic mass is 9.86. The van der Waals surface area contributed by atoms with Crippen LogP contribution < -0.4 is 10.8 Å². The smallest absolute Gasteiger partial charge is 0.302 e. The lowest BCUT2D eigenvalue weighted by molar-refractivity contribution is -0.148. The van der Waals surface area contributed by atoms with Crippen molar-refractivity contribution >= 4 is 17.8 Å². The van der Waals surface area contributed by atoms with Crippen molar-refractivity contribution in [2.24, 2.45) is 11.3 Å². The molecule has 2 amide bonds. The first-order chi connectivity index (χ1) is 13.5. The van der Waals surface area contributed by atoms with E-state index in [-0.39, 0.29) is 13.0 Å². The van der Waals surface area contributed by atoms with E-state index in [1.54, 1.807) is 0 Å². The number of aliphatic hydroxyl groups excluding tert-OH is 1. The third kappa shape index (κ3) is 11.8. The maximum absolute atomic E-state index is 12.8. The van der Waals surface area contributed by atoms with Crippen molar-refractivity contribution in [2.45, 2.75) is 78.9 Å². The Labute approximate surface area is 173 Å². The predicted octanol–water partition coefficient (Wildman–Crippen LogP) is 1.55. The normalized spacial score (nSPS) is 14.6. The van der Waals surface area contributed by atoms with Gasteiger partial charge in [0.15, 0.2) is 0 Å². The number of nitrogens with one attached hydrogen (secondary N) is 2. The number of carbonyl (C=O) groups is 3. The summed E-state index contributed by atoms with van der Waals surface area (Å²) >= 11 is 0. The maximum atomic E-state index is 12.8. The van der Waals surface area contributed by atoms with Crippen LogP contribution in [0.5, 0.6) is 0 Å².